The highest BCUT2D eigenvalue weighted by atomic mass is 16.6. The molecular weight excluding hydrogens is 348 g/mol. The van der Waals surface area contributed by atoms with E-state index >= 15 is 0 Å². The summed E-state index contributed by atoms with van der Waals surface area (Å²) in [5.41, 5.74) is 2.54. The fourth-order valence-electron chi connectivity index (χ4n) is 2.58. The molecule has 0 saturated carbocycles. The van der Waals surface area contributed by atoms with Crippen LogP contribution in [0.5, 0.6) is 11.7 Å². The quantitative estimate of drug-likeness (QED) is 0.501. The van der Waals surface area contributed by atoms with Crippen molar-refractivity contribution < 1.29 is 23.5 Å². The number of nitrogens with zero attached hydrogens (tertiary/aromatic N) is 4. The molecule has 0 aliphatic heterocycles. The summed E-state index contributed by atoms with van der Waals surface area (Å²) in [6, 6.07) is 14.7. The first kappa shape index (κ1) is 16.8. The van der Waals surface area contributed by atoms with Gasteiger partial charge in [-0.05, 0) is 42.8 Å². The molecule has 27 heavy (non-hydrogen) atoms. The zero-order valence-corrected chi connectivity index (χ0v) is 14.7. The Balaban J connectivity index is 1.71. The van der Waals surface area contributed by atoms with Crippen molar-refractivity contribution in [3.8, 4) is 40.4 Å². The van der Waals surface area contributed by atoms with Crippen molar-refractivity contribution >= 4 is 0 Å². The van der Waals surface area contributed by atoms with E-state index in [0.29, 0.717) is 23.9 Å². The summed E-state index contributed by atoms with van der Waals surface area (Å²) in [5, 5.41) is 24.0. The SMILES string of the molecule is CCOc1ccc(-[n+]2noc([O-])c2-c2nnc(-c3ccc(C)cc3)o2)cc1. The summed E-state index contributed by atoms with van der Waals surface area (Å²) in [5.74, 6) is 0.395. The van der Waals surface area contributed by atoms with Crippen LogP contribution in [0.15, 0.2) is 57.5 Å². The molecule has 2 aromatic carbocycles. The second-order valence-corrected chi connectivity index (χ2v) is 5.83. The van der Waals surface area contributed by atoms with Crippen molar-refractivity contribution in [2.24, 2.45) is 0 Å². The molecule has 0 unspecified atom stereocenters. The van der Waals surface area contributed by atoms with Gasteiger partial charge in [-0.1, -0.05) is 17.7 Å². The van der Waals surface area contributed by atoms with E-state index in [1.54, 1.807) is 24.3 Å². The number of benzene rings is 2. The average molecular weight is 364 g/mol. The predicted molar refractivity (Wildman–Crippen MR) is 92.1 cm³/mol. The van der Waals surface area contributed by atoms with Crippen molar-refractivity contribution in [1.29, 1.82) is 0 Å². The van der Waals surface area contributed by atoms with Gasteiger partial charge in [-0.3, -0.25) is 0 Å². The van der Waals surface area contributed by atoms with Gasteiger partial charge in [0.1, 0.15) is 5.75 Å². The largest absolute Gasteiger partial charge is 0.538 e. The summed E-state index contributed by atoms with van der Waals surface area (Å²) < 4.78 is 17.2. The third kappa shape index (κ3) is 3.24. The summed E-state index contributed by atoms with van der Waals surface area (Å²) in [6.45, 7) is 4.46. The first-order valence-electron chi connectivity index (χ1n) is 8.39. The number of hydrogen-bond donors (Lipinski definition) is 0. The monoisotopic (exact) mass is 364 g/mol. The minimum atomic E-state index is -0.664. The van der Waals surface area contributed by atoms with Crippen LogP contribution in [-0.2, 0) is 0 Å². The maximum Gasteiger partial charge on any atom is 0.327 e. The summed E-state index contributed by atoms with van der Waals surface area (Å²) in [7, 11) is 0. The van der Waals surface area contributed by atoms with Crippen LogP contribution in [0.3, 0.4) is 0 Å². The Bertz CT molecular complexity index is 1050. The lowest BCUT2D eigenvalue weighted by Gasteiger charge is -2.01. The minimum absolute atomic E-state index is 0.0331. The zero-order chi connectivity index (χ0) is 18.8. The van der Waals surface area contributed by atoms with E-state index in [-0.39, 0.29) is 11.6 Å². The molecule has 8 nitrogen and oxygen atoms in total. The normalized spacial score (nSPS) is 10.9. The Kier molecular flexibility index (Phi) is 4.29. The molecule has 8 heteroatoms. The molecule has 0 aliphatic rings. The van der Waals surface area contributed by atoms with Crippen LogP contribution in [0.2, 0.25) is 0 Å². The first-order chi connectivity index (χ1) is 13.2. The van der Waals surface area contributed by atoms with E-state index in [1.165, 1.54) is 4.68 Å². The highest BCUT2D eigenvalue weighted by Crippen LogP contribution is 2.27. The van der Waals surface area contributed by atoms with Crippen LogP contribution < -0.4 is 14.5 Å². The number of rotatable bonds is 5. The molecule has 136 valence electrons. The molecule has 0 aliphatic carbocycles. The van der Waals surface area contributed by atoms with E-state index in [1.807, 2.05) is 38.1 Å². The van der Waals surface area contributed by atoms with Gasteiger partial charge in [0, 0.05) is 17.7 Å². The average Bonchev–Trinajstić information content (AvgIpc) is 3.30. The van der Waals surface area contributed by atoms with E-state index < -0.39 is 5.95 Å². The van der Waals surface area contributed by atoms with Crippen LogP contribution in [0, 0.1) is 6.92 Å². The molecule has 0 bridgehead atoms. The number of hydrogen-bond acceptors (Lipinski definition) is 7. The highest BCUT2D eigenvalue weighted by molar-refractivity contribution is 5.56. The maximum atomic E-state index is 12.2. The Morgan fingerprint density at radius 2 is 1.70 bits per heavy atom. The van der Waals surface area contributed by atoms with Crippen molar-refractivity contribution in [3.05, 3.63) is 54.1 Å². The second kappa shape index (κ2) is 6.91. The Morgan fingerprint density at radius 1 is 1.00 bits per heavy atom. The van der Waals surface area contributed by atoms with Gasteiger partial charge in [0.25, 0.3) is 0 Å². The van der Waals surface area contributed by atoms with Crippen molar-refractivity contribution in [3.63, 3.8) is 0 Å². The molecule has 4 rings (SSSR count). The van der Waals surface area contributed by atoms with Crippen LogP contribution in [0.1, 0.15) is 12.5 Å². The molecular formula is C19H16N4O4. The lowest BCUT2D eigenvalue weighted by atomic mass is 10.1. The number of aryl methyl sites for hydroxylation is 1. The van der Waals surface area contributed by atoms with Crippen molar-refractivity contribution in [2.45, 2.75) is 13.8 Å². The van der Waals surface area contributed by atoms with Crippen LogP contribution in [0.25, 0.3) is 28.7 Å². The van der Waals surface area contributed by atoms with E-state index in [9.17, 15) is 5.11 Å². The van der Waals surface area contributed by atoms with Crippen molar-refractivity contribution in [2.75, 3.05) is 6.61 Å². The van der Waals surface area contributed by atoms with Gasteiger partial charge in [-0.2, -0.15) is 0 Å². The maximum absolute atomic E-state index is 12.2. The van der Waals surface area contributed by atoms with Gasteiger partial charge < -0.3 is 18.8 Å². The predicted octanol–water partition coefficient (Wildman–Crippen LogP) is 2.45. The molecule has 0 atom stereocenters. The second-order valence-electron chi connectivity index (χ2n) is 5.83. The Labute approximate surface area is 154 Å². The fourth-order valence-corrected chi connectivity index (χ4v) is 2.58. The van der Waals surface area contributed by atoms with Gasteiger partial charge >= 0.3 is 11.6 Å². The highest BCUT2D eigenvalue weighted by Gasteiger charge is 2.28. The zero-order valence-electron chi connectivity index (χ0n) is 14.7. The Hall–Kier alpha value is -3.68. The van der Waals surface area contributed by atoms with Gasteiger partial charge in [-0.25, -0.2) is 0 Å². The van der Waals surface area contributed by atoms with Gasteiger partial charge in [-0.15, -0.1) is 10.2 Å². The Morgan fingerprint density at radius 3 is 2.41 bits per heavy atom. The number of aromatic nitrogens is 4. The van der Waals surface area contributed by atoms with Crippen LogP contribution >= 0.6 is 0 Å². The summed E-state index contributed by atoms with van der Waals surface area (Å²) >= 11 is 0. The molecule has 0 N–H and O–H groups in total. The number of ether oxygens (including phenoxy) is 1. The smallest absolute Gasteiger partial charge is 0.327 e. The molecule has 0 amide bonds. The molecule has 2 heterocycles. The molecule has 0 fully saturated rings. The van der Waals surface area contributed by atoms with Gasteiger partial charge in [0.15, 0.2) is 5.95 Å². The lowest BCUT2D eigenvalue weighted by molar-refractivity contribution is -0.660. The molecule has 0 spiro atoms. The molecule has 0 radical (unpaired) electrons. The van der Waals surface area contributed by atoms with Crippen LogP contribution in [0.4, 0.5) is 0 Å². The minimum Gasteiger partial charge on any atom is -0.538 e. The third-order valence-corrected chi connectivity index (χ3v) is 3.93. The topological polar surface area (TPSA) is 101 Å². The van der Waals surface area contributed by atoms with E-state index in [0.717, 1.165) is 11.1 Å². The molecule has 0 saturated heterocycles. The van der Waals surface area contributed by atoms with Crippen LogP contribution in [-0.4, -0.2) is 22.1 Å². The fraction of sp³-hybridized carbons (Fsp3) is 0.158. The van der Waals surface area contributed by atoms with E-state index in [2.05, 4.69) is 15.5 Å². The lowest BCUT2D eigenvalue weighted by Crippen LogP contribution is -2.34. The van der Waals surface area contributed by atoms with Gasteiger partial charge in [0.05, 0.1) is 11.9 Å². The van der Waals surface area contributed by atoms with E-state index in [4.69, 9.17) is 13.7 Å². The summed E-state index contributed by atoms with van der Waals surface area (Å²) in [4.78, 5) is 0. The standard InChI is InChI=1S/C19H16N4O4/c1-3-25-15-10-8-14(9-11-15)23-16(19(24)27-22-23)18-21-20-17(26-18)13-6-4-12(2)5-7-13/h4-11H,3H2,1-2H3. The van der Waals surface area contributed by atoms with Gasteiger partial charge in [0.2, 0.25) is 11.6 Å². The van der Waals surface area contributed by atoms with Crippen molar-refractivity contribution in [1.82, 2.24) is 15.5 Å². The first-order valence-corrected chi connectivity index (χ1v) is 8.39. The molecule has 2 aromatic heterocycles. The summed E-state index contributed by atoms with van der Waals surface area (Å²) in [6.07, 6.45) is 0. The molecule has 4 aromatic rings. The third-order valence-electron chi connectivity index (χ3n) is 3.93.